The number of pyridine rings is 1. The van der Waals surface area contributed by atoms with Crippen LogP contribution >= 0.6 is 0 Å². The number of ether oxygens (including phenoxy) is 1. The van der Waals surface area contributed by atoms with Gasteiger partial charge in [0, 0.05) is 25.9 Å². The summed E-state index contributed by atoms with van der Waals surface area (Å²) in [6.07, 6.45) is 1.50. The number of hydrogen-bond donors (Lipinski definition) is 0. The molecule has 0 bridgehead atoms. The third kappa shape index (κ3) is 4.25. The summed E-state index contributed by atoms with van der Waals surface area (Å²) in [6.45, 7) is 0.413. The van der Waals surface area contributed by atoms with Crippen molar-refractivity contribution in [3.63, 3.8) is 0 Å². The summed E-state index contributed by atoms with van der Waals surface area (Å²) < 4.78 is 5.63. The highest BCUT2D eigenvalue weighted by Crippen LogP contribution is 2.19. The van der Waals surface area contributed by atoms with E-state index in [-0.39, 0.29) is 5.91 Å². The van der Waals surface area contributed by atoms with Crippen LogP contribution in [0, 0.1) is 11.3 Å². The van der Waals surface area contributed by atoms with Gasteiger partial charge in [0.05, 0.1) is 17.2 Å². The van der Waals surface area contributed by atoms with E-state index in [2.05, 4.69) is 11.1 Å². The molecule has 128 valence electrons. The summed E-state index contributed by atoms with van der Waals surface area (Å²) in [6, 6.07) is 22.0. The molecule has 1 aromatic heterocycles. The molecule has 0 aliphatic carbocycles. The van der Waals surface area contributed by atoms with E-state index in [9.17, 15) is 4.79 Å². The molecule has 0 spiro atoms. The molecular weight excluding hydrogens is 326 g/mol. The quantitative estimate of drug-likeness (QED) is 0.702. The molecule has 0 saturated carbocycles. The fourth-order valence-corrected chi connectivity index (χ4v) is 2.48. The SMILES string of the molecule is CN(Cc1cccc(C#N)c1)C(=O)c1ccc(Oc2ccccc2)nc1. The Morgan fingerprint density at radius 2 is 1.92 bits per heavy atom. The molecule has 0 radical (unpaired) electrons. The molecule has 0 unspecified atom stereocenters. The predicted molar refractivity (Wildman–Crippen MR) is 97.7 cm³/mol. The van der Waals surface area contributed by atoms with E-state index in [0.29, 0.717) is 29.3 Å². The van der Waals surface area contributed by atoms with Crippen LogP contribution < -0.4 is 4.74 Å². The second kappa shape index (κ2) is 7.95. The molecule has 26 heavy (non-hydrogen) atoms. The maximum atomic E-state index is 12.6. The number of hydrogen-bond acceptors (Lipinski definition) is 4. The number of benzene rings is 2. The van der Waals surface area contributed by atoms with Crippen LogP contribution in [-0.2, 0) is 6.54 Å². The Kier molecular flexibility index (Phi) is 5.25. The van der Waals surface area contributed by atoms with Gasteiger partial charge < -0.3 is 9.64 Å². The van der Waals surface area contributed by atoms with Gasteiger partial charge in [-0.15, -0.1) is 0 Å². The van der Waals surface area contributed by atoms with Gasteiger partial charge in [-0.25, -0.2) is 4.98 Å². The molecule has 0 fully saturated rings. The lowest BCUT2D eigenvalue weighted by Gasteiger charge is -2.17. The number of carbonyl (C=O) groups is 1. The van der Waals surface area contributed by atoms with Crippen LogP contribution in [0.3, 0.4) is 0 Å². The molecule has 2 aromatic carbocycles. The second-order valence-corrected chi connectivity index (χ2v) is 5.77. The van der Waals surface area contributed by atoms with Crippen molar-refractivity contribution in [1.82, 2.24) is 9.88 Å². The van der Waals surface area contributed by atoms with Gasteiger partial charge >= 0.3 is 0 Å². The van der Waals surface area contributed by atoms with Gasteiger partial charge in [-0.3, -0.25) is 4.79 Å². The molecule has 3 aromatic rings. The number of rotatable bonds is 5. The summed E-state index contributed by atoms with van der Waals surface area (Å²) in [5.41, 5.74) is 1.95. The third-order valence-electron chi connectivity index (χ3n) is 3.77. The van der Waals surface area contributed by atoms with Gasteiger partial charge in [0.2, 0.25) is 5.88 Å². The Morgan fingerprint density at radius 3 is 2.62 bits per heavy atom. The van der Waals surface area contributed by atoms with E-state index in [1.54, 1.807) is 36.2 Å². The fourth-order valence-electron chi connectivity index (χ4n) is 2.48. The minimum absolute atomic E-state index is 0.147. The van der Waals surface area contributed by atoms with Crippen molar-refractivity contribution in [2.75, 3.05) is 7.05 Å². The van der Waals surface area contributed by atoms with Crippen molar-refractivity contribution in [2.45, 2.75) is 6.54 Å². The van der Waals surface area contributed by atoms with Gasteiger partial charge in [-0.2, -0.15) is 5.26 Å². The van der Waals surface area contributed by atoms with E-state index in [1.807, 2.05) is 42.5 Å². The summed E-state index contributed by atoms with van der Waals surface area (Å²) in [7, 11) is 1.72. The summed E-state index contributed by atoms with van der Waals surface area (Å²) in [5, 5.41) is 8.96. The molecule has 5 nitrogen and oxygen atoms in total. The van der Waals surface area contributed by atoms with Crippen LogP contribution in [0.2, 0.25) is 0 Å². The number of amides is 1. The van der Waals surface area contributed by atoms with Gasteiger partial charge in [0.1, 0.15) is 5.75 Å². The van der Waals surface area contributed by atoms with Crippen molar-refractivity contribution < 1.29 is 9.53 Å². The number of nitriles is 1. The topological polar surface area (TPSA) is 66.2 Å². The Morgan fingerprint density at radius 1 is 1.12 bits per heavy atom. The number of carbonyl (C=O) groups excluding carboxylic acids is 1. The zero-order chi connectivity index (χ0) is 18.4. The van der Waals surface area contributed by atoms with Crippen molar-refractivity contribution in [3.05, 3.63) is 89.6 Å². The van der Waals surface area contributed by atoms with Crippen LogP contribution in [0.1, 0.15) is 21.5 Å². The maximum absolute atomic E-state index is 12.6. The highest BCUT2D eigenvalue weighted by atomic mass is 16.5. The highest BCUT2D eigenvalue weighted by molar-refractivity contribution is 5.93. The second-order valence-electron chi connectivity index (χ2n) is 5.77. The summed E-state index contributed by atoms with van der Waals surface area (Å²) in [4.78, 5) is 18.3. The Bertz CT molecular complexity index is 931. The van der Waals surface area contributed by atoms with E-state index >= 15 is 0 Å². The van der Waals surface area contributed by atoms with E-state index in [0.717, 1.165) is 5.56 Å². The lowest BCUT2D eigenvalue weighted by Crippen LogP contribution is -2.26. The van der Waals surface area contributed by atoms with E-state index in [1.165, 1.54) is 6.20 Å². The van der Waals surface area contributed by atoms with Crippen LogP contribution in [0.5, 0.6) is 11.6 Å². The predicted octanol–water partition coefficient (Wildman–Crippen LogP) is 4.02. The van der Waals surface area contributed by atoms with Crippen LogP contribution in [-0.4, -0.2) is 22.8 Å². The standard InChI is InChI=1S/C21H17N3O2/c1-24(15-17-7-5-6-16(12-17)13-22)21(25)18-10-11-20(23-14-18)26-19-8-3-2-4-9-19/h2-12,14H,15H2,1H3. The smallest absolute Gasteiger partial charge is 0.255 e. The zero-order valence-electron chi connectivity index (χ0n) is 14.3. The first-order chi connectivity index (χ1) is 12.7. The molecule has 0 aliphatic heterocycles. The Balaban J connectivity index is 1.66. The van der Waals surface area contributed by atoms with Gasteiger partial charge in [0.15, 0.2) is 0 Å². The molecule has 0 aliphatic rings. The molecule has 1 amide bonds. The van der Waals surface area contributed by atoms with Crippen molar-refractivity contribution in [1.29, 1.82) is 5.26 Å². The van der Waals surface area contributed by atoms with Crippen LogP contribution in [0.15, 0.2) is 72.9 Å². The van der Waals surface area contributed by atoms with Crippen LogP contribution in [0.4, 0.5) is 0 Å². The third-order valence-corrected chi connectivity index (χ3v) is 3.77. The van der Waals surface area contributed by atoms with Gasteiger partial charge in [0.25, 0.3) is 5.91 Å². The van der Waals surface area contributed by atoms with Crippen molar-refractivity contribution in [3.8, 4) is 17.7 Å². The normalized spacial score (nSPS) is 10.0. The fraction of sp³-hybridized carbons (Fsp3) is 0.0952. The molecular formula is C21H17N3O2. The molecule has 5 heteroatoms. The molecule has 0 N–H and O–H groups in total. The number of aromatic nitrogens is 1. The number of nitrogens with zero attached hydrogens (tertiary/aromatic N) is 3. The first-order valence-corrected chi connectivity index (χ1v) is 8.09. The average molecular weight is 343 g/mol. The lowest BCUT2D eigenvalue weighted by molar-refractivity contribution is 0.0784. The largest absolute Gasteiger partial charge is 0.439 e. The summed E-state index contributed by atoms with van der Waals surface area (Å²) in [5.74, 6) is 0.969. The van der Waals surface area contributed by atoms with Gasteiger partial charge in [-0.05, 0) is 35.9 Å². The first-order valence-electron chi connectivity index (χ1n) is 8.09. The minimum Gasteiger partial charge on any atom is -0.439 e. The zero-order valence-corrected chi connectivity index (χ0v) is 14.3. The Hall–Kier alpha value is -3.65. The molecule has 1 heterocycles. The van der Waals surface area contributed by atoms with Crippen molar-refractivity contribution >= 4 is 5.91 Å². The van der Waals surface area contributed by atoms with Crippen LogP contribution in [0.25, 0.3) is 0 Å². The average Bonchev–Trinajstić information content (AvgIpc) is 2.69. The van der Waals surface area contributed by atoms with Crippen molar-refractivity contribution in [2.24, 2.45) is 0 Å². The maximum Gasteiger partial charge on any atom is 0.255 e. The van der Waals surface area contributed by atoms with E-state index in [4.69, 9.17) is 10.00 Å². The molecule has 3 rings (SSSR count). The monoisotopic (exact) mass is 343 g/mol. The molecule has 0 saturated heterocycles. The van der Waals surface area contributed by atoms with E-state index < -0.39 is 0 Å². The lowest BCUT2D eigenvalue weighted by atomic mass is 10.1. The summed E-state index contributed by atoms with van der Waals surface area (Å²) >= 11 is 0. The van der Waals surface area contributed by atoms with Gasteiger partial charge in [-0.1, -0.05) is 30.3 Å². The Labute approximate surface area is 152 Å². The first kappa shape index (κ1) is 17.2. The highest BCUT2D eigenvalue weighted by Gasteiger charge is 2.13. The number of para-hydroxylation sites is 1. The molecule has 0 atom stereocenters. The minimum atomic E-state index is -0.147.